The average molecular weight is 187 g/mol. The molecule has 0 saturated carbocycles. The van der Waals surface area contributed by atoms with E-state index in [1.54, 1.807) is 24.3 Å². The molecule has 0 aromatic heterocycles. The molecule has 3 heteroatoms. The highest BCUT2D eigenvalue weighted by molar-refractivity contribution is 6.03. The molecule has 1 aromatic rings. The largest absolute Gasteiger partial charge is 0.377 e. The minimum atomic E-state index is -0.929. The number of ether oxygens (including phenoxy) is 1. The van der Waals surface area contributed by atoms with Crippen LogP contribution in [0.15, 0.2) is 30.3 Å². The Balaban J connectivity index is 2.29. The van der Waals surface area contributed by atoms with Crippen molar-refractivity contribution in [2.45, 2.75) is 0 Å². The molecule has 70 valence electrons. The summed E-state index contributed by atoms with van der Waals surface area (Å²) in [7, 11) is 0. The van der Waals surface area contributed by atoms with Crippen LogP contribution in [0.2, 0.25) is 0 Å². The molecular weight excluding hydrogens is 178 g/mol. The maximum absolute atomic E-state index is 11.9. The SMILES string of the molecule is N#CC1(C(=O)c2ccccc2)COC1. The standard InChI is InChI=1S/C11H9NO2/c12-6-11(7-14-8-11)10(13)9-4-2-1-3-5-9/h1-5H,7-8H2. The molecule has 1 fully saturated rings. The summed E-state index contributed by atoms with van der Waals surface area (Å²) < 4.78 is 4.93. The zero-order valence-electron chi connectivity index (χ0n) is 7.56. The van der Waals surface area contributed by atoms with Gasteiger partial charge in [0.15, 0.2) is 11.2 Å². The first kappa shape index (κ1) is 8.92. The zero-order valence-corrected chi connectivity index (χ0v) is 7.56. The van der Waals surface area contributed by atoms with Gasteiger partial charge in [-0.1, -0.05) is 30.3 Å². The molecule has 0 unspecified atom stereocenters. The second-order valence-corrected chi connectivity index (χ2v) is 3.38. The Morgan fingerprint density at radius 2 is 2.00 bits per heavy atom. The van der Waals surface area contributed by atoms with E-state index in [9.17, 15) is 4.79 Å². The third-order valence-electron chi connectivity index (χ3n) is 2.38. The summed E-state index contributed by atoms with van der Waals surface area (Å²) in [5, 5.41) is 8.92. The molecule has 0 bridgehead atoms. The molecule has 0 atom stereocenters. The van der Waals surface area contributed by atoms with Crippen LogP contribution < -0.4 is 0 Å². The van der Waals surface area contributed by atoms with Crippen molar-refractivity contribution in [1.82, 2.24) is 0 Å². The molecule has 2 rings (SSSR count). The Hall–Kier alpha value is -1.66. The zero-order chi connectivity index (χ0) is 10.0. The van der Waals surface area contributed by atoms with E-state index in [0.29, 0.717) is 5.56 Å². The van der Waals surface area contributed by atoms with E-state index in [-0.39, 0.29) is 19.0 Å². The van der Waals surface area contributed by atoms with Crippen LogP contribution in [-0.2, 0) is 4.74 Å². The van der Waals surface area contributed by atoms with Crippen LogP contribution in [0.4, 0.5) is 0 Å². The Morgan fingerprint density at radius 1 is 1.36 bits per heavy atom. The van der Waals surface area contributed by atoms with Crippen molar-refractivity contribution in [3.63, 3.8) is 0 Å². The second-order valence-electron chi connectivity index (χ2n) is 3.38. The van der Waals surface area contributed by atoms with Crippen LogP contribution >= 0.6 is 0 Å². The fraction of sp³-hybridized carbons (Fsp3) is 0.273. The molecule has 0 radical (unpaired) electrons. The third kappa shape index (κ3) is 1.21. The third-order valence-corrected chi connectivity index (χ3v) is 2.38. The maximum Gasteiger partial charge on any atom is 0.187 e. The van der Waals surface area contributed by atoms with Gasteiger partial charge in [-0.05, 0) is 0 Å². The molecule has 0 amide bonds. The number of ketones is 1. The molecule has 0 N–H and O–H groups in total. The summed E-state index contributed by atoms with van der Waals surface area (Å²) in [5.41, 5.74) is -0.348. The minimum absolute atomic E-state index is 0.133. The van der Waals surface area contributed by atoms with E-state index >= 15 is 0 Å². The molecule has 14 heavy (non-hydrogen) atoms. The van der Waals surface area contributed by atoms with Gasteiger partial charge in [0.1, 0.15) is 0 Å². The van der Waals surface area contributed by atoms with Gasteiger partial charge in [-0.3, -0.25) is 4.79 Å². The average Bonchev–Trinajstić information content (AvgIpc) is 2.18. The van der Waals surface area contributed by atoms with Crippen LogP contribution in [0.5, 0.6) is 0 Å². The van der Waals surface area contributed by atoms with Gasteiger partial charge in [-0.15, -0.1) is 0 Å². The first-order valence-electron chi connectivity index (χ1n) is 4.37. The summed E-state index contributed by atoms with van der Waals surface area (Å²) in [5.74, 6) is -0.133. The molecule has 1 aromatic carbocycles. The van der Waals surface area contributed by atoms with Crippen LogP contribution in [0, 0.1) is 16.7 Å². The van der Waals surface area contributed by atoms with Gasteiger partial charge in [0.05, 0.1) is 19.3 Å². The van der Waals surface area contributed by atoms with Gasteiger partial charge in [-0.25, -0.2) is 0 Å². The summed E-state index contributed by atoms with van der Waals surface area (Å²) in [6.07, 6.45) is 0. The second kappa shape index (κ2) is 3.24. The lowest BCUT2D eigenvalue weighted by Gasteiger charge is -2.33. The van der Waals surface area contributed by atoms with Crippen molar-refractivity contribution >= 4 is 5.78 Å². The Morgan fingerprint density at radius 3 is 2.43 bits per heavy atom. The van der Waals surface area contributed by atoms with Gasteiger partial charge in [0.25, 0.3) is 0 Å². The molecule has 3 nitrogen and oxygen atoms in total. The van der Waals surface area contributed by atoms with Crippen LogP contribution in [0.1, 0.15) is 10.4 Å². The summed E-state index contributed by atoms with van der Waals surface area (Å²) in [4.78, 5) is 11.9. The molecule has 1 saturated heterocycles. The highest BCUT2D eigenvalue weighted by Crippen LogP contribution is 2.30. The van der Waals surface area contributed by atoms with Gasteiger partial charge in [-0.2, -0.15) is 5.26 Å². The monoisotopic (exact) mass is 187 g/mol. The number of hydrogen-bond donors (Lipinski definition) is 0. The Bertz CT molecular complexity index is 387. The summed E-state index contributed by atoms with van der Waals surface area (Å²) >= 11 is 0. The summed E-state index contributed by atoms with van der Waals surface area (Å²) in [6.45, 7) is 0.439. The van der Waals surface area contributed by atoms with Crippen molar-refractivity contribution in [1.29, 1.82) is 5.26 Å². The number of Topliss-reactive ketones (excluding diaryl/α,β-unsaturated/α-hetero) is 1. The topological polar surface area (TPSA) is 50.1 Å². The highest BCUT2D eigenvalue weighted by atomic mass is 16.5. The summed E-state index contributed by atoms with van der Waals surface area (Å²) in [6, 6.07) is 10.9. The van der Waals surface area contributed by atoms with Gasteiger partial charge in [0, 0.05) is 5.56 Å². The molecule has 0 spiro atoms. The van der Waals surface area contributed by atoms with Crippen molar-refractivity contribution < 1.29 is 9.53 Å². The van der Waals surface area contributed by atoms with Gasteiger partial charge < -0.3 is 4.74 Å². The number of nitrogens with zero attached hydrogens (tertiary/aromatic N) is 1. The molecule has 1 aliphatic heterocycles. The van der Waals surface area contributed by atoms with E-state index in [1.165, 1.54) is 0 Å². The normalized spacial score (nSPS) is 17.9. The maximum atomic E-state index is 11.9. The van der Waals surface area contributed by atoms with Crippen molar-refractivity contribution in [2.75, 3.05) is 13.2 Å². The number of hydrogen-bond acceptors (Lipinski definition) is 3. The highest BCUT2D eigenvalue weighted by Gasteiger charge is 2.46. The van der Waals surface area contributed by atoms with Crippen LogP contribution in [0.3, 0.4) is 0 Å². The lowest BCUT2D eigenvalue weighted by Crippen LogP contribution is -2.47. The number of benzene rings is 1. The Labute approximate surface area is 81.9 Å². The number of carbonyl (C=O) groups excluding carboxylic acids is 1. The first-order chi connectivity index (χ1) is 6.78. The van der Waals surface area contributed by atoms with Crippen molar-refractivity contribution in [3.8, 4) is 6.07 Å². The first-order valence-corrected chi connectivity index (χ1v) is 4.37. The number of nitriles is 1. The number of rotatable bonds is 2. The van der Waals surface area contributed by atoms with Crippen molar-refractivity contribution in [3.05, 3.63) is 35.9 Å². The quantitative estimate of drug-likeness (QED) is 0.658. The van der Waals surface area contributed by atoms with Gasteiger partial charge >= 0.3 is 0 Å². The molecule has 1 heterocycles. The van der Waals surface area contributed by atoms with Gasteiger partial charge in [0.2, 0.25) is 0 Å². The molecular formula is C11H9NO2. The van der Waals surface area contributed by atoms with Crippen molar-refractivity contribution in [2.24, 2.45) is 5.41 Å². The lowest BCUT2D eigenvalue weighted by molar-refractivity contribution is -0.0566. The molecule has 0 aliphatic carbocycles. The van der Waals surface area contributed by atoms with E-state index in [2.05, 4.69) is 0 Å². The van der Waals surface area contributed by atoms with E-state index in [0.717, 1.165) is 0 Å². The fourth-order valence-electron chi connectivity index (χ4n) is 1.42. The van der Waals surface area contributed by atoms with E-state index in [4.69, 9.17) is 10.00 Å². The predicted molar refractivity (Wildman–Crippen MR) is 49.6 cm³/mol. The van der Waals surface area contributed by atoms with Crippen LogP contribution in [-0.4, -0.2) is 19.0 Å². The van der Waals surface area contributed by atoms with E-state index in [1.807, 2.05) is 12.1 Å². The minimum Gasteiger partial charge on any atom is -0.377 e. The predicted octanol–water partition coefficient (Wildman–Crippen LogP) is 1.41. The van der Waals surface area contributed by atoms with E-state index < -0.39 is 5.41 Å². The lowest BCUT2D eigenvalue weighted by atomic mass is 9.80. The fourth-order valence-corrected chi connectivity index (χ4v) is 1.42. The Kier molecular flexibility index (Phi) is 2.06. The smallest absolute Gasteiger partial charge is 0.187 e. The molecule has 1 aliphatic rings. The van der Waals surface area contributed by atoms with Crippen LogP contribution in [0.25, 0.3) is 0 Å². The number of carbonyl (C=O) groups is 1.